The molecule has 1 heterocycles. The fourth-order valence-corrected chi connectivity index (χ4v) is 1.19. The highest BCUT2D eigenvalue weighted by atomic mass is 32.1. The van der Waals surface area contributed by atoms with Crippen LogP contribution < -0.4 is 5.32 Å². The van der Waals surface area contributed by atoms with Crippen molar-refractivity contribution in [1.29, 1.82) is 0 Å². The smallest absolute Gasteiger partial charge is 0.305 e. The van der Waals surface area contributed by atoms with Crippen LogP contribution >= 0.6 is 11.5 Å². The van der Waals surface area contributed by atoms with Gasteiger partial charge in [0.05, 0.1) is 6.42 Å². The van der Waals surface area contributed by atoms with E-state index in [0.29, 0.717) is 5.13 Å². The molecule has 0 aliphatic carbocycles. The Labute approximate surface area is 72.8 Å². The Kier molecular flexibility index (Phi) is 2.92. The number of hydrogen-bond donors (Lipinski definition) is 2. The van der Waals surface area contributed by atoms with Gasteiger partial charge in [-0.1, -0.05) is 9.59 Å². The molecule has 0 spiro atoms. The molecule has 1 atom stereocenters. The Morgan fingerprint density at radius 1 is 1.83 bits per heavy atom. The van der Waals surface area contributed by atoms with Gasteiger partial charge in [0.1, 0.15) is 0 Å². The highest BCUT2D eigenvalue weighted by Crippen LogP contribution is 2.07. The lowest BCUT2D eigenvalue weighted by molar-refractivity contribution is -0.137. The number of nitrogens with zero attached hydrogens (tertiary/aromatic N) is 3. The van der Waals surface area contributed by atoms with E-state index in [-0.39, 0.29) is 12.5 Å². The molecule has 0 bridgehead atoms. The molecule has 2 N–H and O–H groups in total. The zero-order valence-corrected chi connectivity index (χ0v) is 7.21. The van der Waals surface area contributed by atoms with Gasteiger partial charge in [-0.05, 0) is 12.1 Å². The predicted molar refractivity (Wildman–Crippen MR) is 43.0 cm³/mol. The van der Waals surface area contributed by atoms with Crippen LogP contribution in [0.15, 0.2) is 0 Å². The first-order valence-electron chi connectivity index (χ1n) is 3.32. The number of rotatable bonds is 4. The monoisotopic (exact) mass is 188 g/mol. The lowest BCUT2D eigenvalue weighted by atomic mass is 10.2. The molecule has 66 valence electrons. The second kappa shape index (κ2) is 3.96. The van der Waals surface area contributed by atoms with E-state index in [1.807, 2.05) is 0 Å². The van der Waals surface area contributed by atoms with Crippen LogP contribution in [0.2, 0.25) is 0 Å². The van der Waals surface area contributed by atoms with Crippen molar-refractivity contribution < 1.29 is 9.90 Å². The molecule has 12 heavy (non-hydrogen) atoms. The first-order chi connectivity index (χ1) is 5.68. The summed E-state index contributed by atoms with van der Waals surface area (Å²) in [6, 6.07) is -0.155. The third kappa shape index (κ3) is 2.79. The topological polar surface area (TPSA) is 88.0 Å². The Hall–Kier alpha value is -1.24. The third-order valence-corrected chi connectivity index (χ3v) is 1.68. The van der Waals surface area contributed by atoms with Crippen LogP contribution in [0.25, 0.3) is 0 Å². The van der Waals surface area contributed by atoms with Gasteiger partial charge in [-0.25, -0.2) is 0 Å². The van der Waals surface area contributed by atoms with E-state index in [9.17, 15) is 4.79 Å². The van der Waals surface area contributed by atoms with Gasteiger partial charge in [0.15, 0.2) is 0 Å². The molecule has 1 aromatic heterocycles. The van der Waals surface area contributed by atoms with Gasteiger partial charge >= 0.3 is 5.97 Å². The van der Waals surface area contributed by atoms with Gasteiger partial charge in [0.2, 0.25) is 5.13 Å². The van der Waals surface area contributed by atoms with Crippen LogP contribution in [0.3, 0.4) is 0 Å². The van der Waals surface area contributed by atoms with E-state index in [4.69, 9.17) is 5.11 Å². The second-order valence-corrected chi connectivity index (χ2v) is 3.04. The van der Waals surface area contributed by atoms with Gasteiger partial charge < -0.3 is 10.4 Å². The number of hydrogen-bond acceptors (Lipinski definition) is 6. The summed E-state index contributed by atoms with van der Waals surface area (Å²) in [6.45, 7) is 1.76. The fourth-order valence-electron chi connectivity index (χ4n) is 0.713. The van der Waals surface area contributed by atoms with Gasteiger partial charge in [-0.2, -0.15) is 0 Å². The largest absolute Gasteiger partial charge is 0.481 e. The van der Waals surface area contributed by atoms with Gasteiger partial charge in [-0.15, -0.1) is 0 Å². The molecule has 0 saturated heterocycles. The summed E-state index contributed by atoms with van der Waals surface area (Å²) in [7, 11) is 0. The standard InChI is InChI=1S/C5H8N4O2S/c1-3(2-4(10)11)6-5-7-8-9-12-5/h3H,2H2,1H3,(H,10,11)(H,6,7,9). The number of aliphatic carboxylic acids is 1. The average Bonchev–Trinajstić information content (AvgIpc) is 2.37. The summed E-state index contributed by atoms with van der Waals surface area (Å²) >= 11 is 1.10. The number of carbonyl (C=O) groups is 1. The predicted octanol–water partition coefficient (Wildman–Crippen LogP) is 0.208. The molecule has 0 fully saturated rings. The summed E-state index contributed by atoms with van der Waals surface area (Å²) in [5, 5.41) is 18.8. The Balaban J connectivity index is 2.36. The quantitative estimate of drug-likeness (QED) is 0.702. The van der Waals surface area contributed by atoms with Crippen LogP contribution in [0, 0.1) is 0 Å². The fraction of sp³-hybridized carbons (Fsp3) is 0.600. The third-order valence-electron chi connectivity index (χ3n) is 1.15. The number of carboxylic acid groups (broad SMARTS) is 1. The molecule has 0 aliphatic rings. The normalized spacial score (nSPS) is 12.4. The van der Waals surface area contributed by atoms with E-state index < -0.39 is 5.97 Å². The van der Waals surface area contributed by atoms with E-state index in [1.165, 1.54) is 0 Å². The van der Waals surface area contributed by atoms with E-state index in [2.05, 4.69) is 20.1 Å². The second-order valence-electron chi connectivity index (χ2n) is 2.31. The van der Waals surface area contributed by atoms with E-state index >= 15 is 0 Å². The Bertz CT molecular complexity index is 250. The number of nitrogens with one attached hydrogen (secondary N) is 1. The minimum atomic E-state index is -0.840. The van der Waals surface area contributed by atoms with Crippen LogP contribution in [0.5, 0.6) is 0 Å². The maximum atomic E-state index is 10.2. The minimum Gasteiger partial charge on any atom is -0.481 e. The number of anilines is 1. The van der Waals surface area contributed by atoms with Crippen molar-refractivity contribution in [2.75, 3.05) is 5.32 Å². The van der Waals surface area contributed by atoms with Crippen LogP contribution in [0.4, 0.5) is 5.13 Å². The summed E-state index contributed by atoms with van der Waals surface area (Å²) < 4.78 is 3.53. The van der Waals surface area contributed by atoms with Crippen molar-refractivity contribution in [1.82, 2.24) is 14.8 Å². The van der Waals surface area contributed by atoms with Gasteiger partial charge in [0, 0.05) is 17.6 Å². The van der Waals surface area contributed by atoms with Crippen molar-refractivity contribution in [2.45, 2.75) is 19.4 Å². The Morgan fingerprint density at radius 2 is 2.58 bits per heavy atom. The molecule has 0 saturated carbocycles. The zero-order chi connectivity index (χ0) is 8.97. The molecule has 1 unspecified atom stereocenters. The van der Waals surface area contributed by atoms with Crippen LogP contribution in [0.1, 0.15) is 13.3 Å². The maximum Gasteiger partial charge on any atom is 0.305 e. The van der Waals surface area contributed by atoms with E-state index in [0.717, 1.165) is 11.5 Å². The average molecular weight is 188 g/mol. The zero-order valence-electron chi connectivity index (χ0n) is 6.39. The van der Waals surface area contributed by atoms with Crippen molar-refractivity contribution in [3.8, 4) is 0 Å². The molecule has 6 nitrogen and oxygen atoms in total. The first kappa shape index (κ1) is 8.85. The Morgan fingerprint density at radius 3 is 3.08 bits per heavy atom. The van der Waals surface area contributed by atoms with Gasteiger partial charge in [-0.3, -0.25) is 4.79 Å². The molecule has 7 heteroatoms. The van der Waals surface area contributed by atoms with Crippen molar-refractivity contribution in [3.05, 3.63) is 0 Å². The highest BCUT2D eigenvalue weighted by molar-refractivity contribution is 7.09. The molecule has 0 radical (unpaired) electrons. The molecule has 0 aliphatic heterocycles. The maximum absolute atomic E-state index is 10.2. The SMILES string of the molecule is CC(CC(=O)O)Nc1nnns1. The molecule has 1 aromatic rings. The lowest BCUT2D eigenvalue weighted by Crippen LogP contribution is -2.19. The number of aromatic nitrogens is 3. The van der Waals surface area contributed by atoms with Crippen molar-refractivity contribution >= 4 is 22.6 Å². The van der Waals surface area contributed by atoms with E-state index in [1.54, 1.807) is 6.92 Å². The summed E-state index contributed by atoms with van der Waals surface area (Å²) in [5.41, 5.74) is 0. The van der Waals surface area contributed by atoms with Crippen molar-refractivity contribution in [3.63, 3.8) is 0 Å². The van der Waals surface area contributed by atoms with Crippen molar-refractivity contribution in [2.24, 2.45) is 0 Å². The minimum absolute atomic E-state index is 0.0551. The van der Waals surface area contributed by atoms with Gasteiger partial charge in [0.25, 0.3) is 0 Å². The molecule has 0 amide bonds. The summed E-state index contributed by atoms with van der Waals surface area (Å²) in [4.78, 5) is 10.2. The molecular weight excluding hydrogens is 180 g/mol. The molecule has 0 aromatic carbocycles. The van der Waals surface area contributed by atoms with Crippen LogP contribution in [-0.2, 0) is 4.79 Å². The highest BCUT2D eigenvalue weighted by Gasteiger charge is 2.08. The first-order valence-corrected chi connectivity index (χ1v) is 4.09. The summed E-state index contributed by atoms with van der Waals surface area (Å²) in [5.74, 6) is -0.840. The number of carboxylic acids is 1. The molecular formula is C5H8N4O2S. The lowest BCUT2D eigenvalue weighted by Gasteiger charge is -2.07. The molecule has 1 rings (SSSR count). The summed E-state index contributed by atoms with van der Waals surface area (Å²) in [6.07, 6.45) is 0.0551. The van der Waals surface area contributed by atoms with Crippen LogP contribution in [-0.4, -0.2) is 31.9 Å².